The number of pyridine rings is 1. The highest BCUT2D eigenvalue weighted by Crippen LogP contribution is 2.19. The van der Waals surface area contributed by atoms with Gasteiger partial charge < -0.3 is 4.74 Å². The Labute approximate surface area is 101 Å². The van der Waals surface area contributed by atoms with Gasteiger partial charge >= 0.3 is 5.97 Å². The zero-order valence-electron chi connectivity index (χ0n) is 8.81. The van der Waals surface area contributed by atoms with E-state index in [9.17, 15) is 4.79 Å². The van der Waals surface area contributed by atoms with E-state index in [-0.39, 0.29) is 12.4 Å². The Morgan fingerprint density at radius 2 is 2.38 bits per heavy atom. The van der Waals surface area contributed by atoms with Crippen molar-refractivity contribution in [3.8, 4) is 0 Å². The van der Waals surface area contributed by atoms with Gasteiger partial charge in [-0.3, -0.25) is 9.20 Å². The molecule has 0 saturated carbocycles. The highest BCUT2D eigenvalue weighted by Gasteiger charge is 2.13. The van der Waals surface area contributed by atoms with E-state index in [4.69, 9.17) is 4.74 Å². The molecule has 0 aliphatic heterocycles. The minimum Gasteiger partial charge on any atom is -0.466 e. The third kappa shape index (κ3) is 2.09. The van der Waals surface area contributed by atoms with Crippen molar-refractivity contribution in [2.24, 2.45) is 0 Å². The quantitative estimate of drug-likeness (QED) is 0.811. The topological polar surface area (TPSA) is 43.6 Å². The van der Waals surface area contributed by atoms with Crippen LogP contribution >= 0.6 is 15.9 Å². The molecule has 16 heavy (non-hydrogen) atoms. The minimum atomic E-state index is -0.258. The first kappa shape index (κ1) is 11.1. The molecule has 0 unspecified atom stereocenters. The molecule has 0 aliphatic carbocycles. The molecule has 4 nitrogen and oxygen atoms in total. The smallest absolute Gasteiger partial charge is 0.311 e. The zero-order chi connectivity index (χ0) is 11.5. The van der Waals surface area contributed by atoms with Gasteiger partial charge in [0, 0.05) is 6.20 Å². The van der Waals surface area contributed by atoms with Crippen molar-refractivity contribution in [2.45, 2.75) is 13.3 Å². The molecule has 0 aromatic carbocycles. The summed E-state index contributed by atoms with van der Waals surface area (Å²) in [6.07, 6.45) is 2.08. The molecular weight excluding hydrogens is 272 g/mol. The molecule has 5 heteroatoms. The van der Waals surface area contributed by atoms with Crippen molar-refractivity contribution >= 4 is 27.5 Å². The average molecular weight is 283 g/mol. The largest absolute Gasteiger partial charge is 0.466 e. The molecule has 0 spiro atoms. The first-order valence-corrected chi connectivity index (χ1v) is 5.78. The van der Waals surface area contributed by atoms with Gasteiger partial charge in [-0.1, -0.05) is 6.07 Å². The second kappa shape index (κ2) is 4.65. The second-order valence-corrected chi connectivity index (χ2v) is 4.01. The van der Waals surface area contributed by atoms with E-state index in [1.165, 1.54) is 0 Å². The van der Waals surface area contributed by atoms with Crippen LogP contribution in [0.4, 0.5) is 0 Å². The van der Waals surface area contributed by atoms with Crippen LogP contribution in [0, 0.1) is 0 Å². The number of nitrogens with zero attached hydrogens (tertiary/aromatic N) is 2. The summed E-state index contributed by atoms with van der Waals surface area (Å²) in [7, 11) is 0. The Kier molecular flexibility index (Phi) is 3.24. The number of carbonyl (C=O) groups excluding carboxylic acids is 1. The average Bonchev–Trinajstić information content (AvgIpc) is 2.57. The SMILES string of the molecule is CCOC(=O)Cc1nc2ccccn2c1Br. The van der Waals surface area contributed by atoms with Crippen LogP contribution in [0.5, 0.6) is 0 Å². The molecule has 0 atom stereocenters. The molecule has 0 N–H and O–H groups in total. The van der Waals surface area contributed by atoms with E-state index in [1.54, 1.807) is 6.92 Å². The summed E-state index contributed by atoms with van der Waals surface area (Å²) in [4.78, 5) is 15.7. The Hall–Kier alpha value is -1.36. The van der Waals surface area contributed by atoms with E-state index in [0.717, 1.165) is 10.3 Å². The van der Waals surface area contributed by atoms with Gasteiger partial charge in [0.1, 0.15) is 10.3 Å². The van der Waals surface area contributed by atoms with Crippen molar-refractivity contribution in [1.82, 2.24) is 9.38 Å². The number of imidazole rings is 1. The zero-order valence-corrected chi connectivity index (χ0v) is 10.4. The Bertz CT molecular complexity index is 522. The molecule has 2 aromatic rings. The summed E-state index contributed by atoms with van der Waals surface area (Å²) in [5, 5.41) is 0. The van der Waals surface area contributed by atoms with Crippen LogP contribution in [0.1, 0.15) is 12.6 Å². The van der Waals surface area contributed by atoms with Crippen LogP contribution in [0.25, 0.3) is 5.65 Å². The van der Waals surface area contributed by atoms with Gasteiger partial charge in [0.2, 0.25) is 0 Å². The summed E-state index contributed by atoms with van der Waals surface area (Å²) in [5.74, 6) is -0.258. The van der Waals surface area contributed by atoms with Crippen molar-refractivity contribution < 1.29 is 9.53 Å². The summed E-state index contributed by atoms with van der Waals surface area (Å²) < 4.78 is 7.57. The number of fused-ring (bicyclic) bond motifs is 1. The molecule has 2 aromatic heterocycles. The van der Waals surface area contributed by atoms with Crippen LogP contribution in [0.15, 0.2) is 29.0 Å². The summed E-state index contributed by atoms with van der Waals surface area (Å²) >= 11 is 3.42. The number of carbonyl (C=O) groups is 1. The molecule has 0 aliphatic rings. The first-order valence-electron chi connectivity index (χ1n) is 4.99. The van der Waals surface area contributed by atoms with Gasteiger partial charge in [0.05, 0.1) is 18.7 Å². The number of halogens is 1. The molecular formula is C11H11BrN2O2. The van der Waals surface area contributed by atoms with E-state index in [1.807, 2.05) is 28.8 Å². The first-order chi connectivity index (χ1) is 7.72. The number of esters is 1. The Morgan fingerprint density at radius 3 is 3.06 bits per heavy atom. The normalized spacial score (nSPS) is 10.6. The standard InChI is InChI=1S/C11H11BrN2O2/c1-2-16-10(15)7-8-11(12)14-6-4-3-5-9(14)13-8/h3-6H,2,7H2,1H3. The maximum Gasteiger partial charge on any atom is 0.311 e. The Balaban J connectivity index is 2.31. The highest BCUT2D eigenvalue weighted by atomic mass is 79.9. The lowest BCUT2D eigenvalue weighted by Crippen LogP contribution is -2.08. The lowest BCUT2D eigenvalue weighted by molar-refractivity contribution is -0.142. The Morgan fingerprint density at radius 1 is 1.56 bits per heavy atom. The van der Waals surface area contributed by atoms with Crippen molar-refractivity contribution in [2.75, 3.05) is 6.61 Å². The molecule has 0 radical (unpaired) electrons. The highest BCUT2D eigenvalue weighted by molar-refractivity contribution is 9.10. The molecule has 2 rings (SSSR count). The molecule has 2 heterocycles. The van der Waals surface area contributed by atoms with Crippen molar-refractivity contribution in [3.05, 3.63) is 34.7 Å². The number of aromatic nitrogens is 2. The number of rotatable bonds is 3. The minimum absolute atomic E-state index is 0.191. The third-order valence-electron chi connectivity index (χ3n) is 2.15. The van der Waals surface area contributed by atoms with Gasteiger partial charge in [-0.2, -0.15) is 0 Å². The fourth-order valence-electron chi connectivity index (χ4n) is 1.48. The van der Waals surface area contributed by atoms with Gasteiger partial charge in [-0.15, -0.1) is 0 Å². The molecule has 0 fully saturated rings. The van der Waals surface area contributed by atoms with Crippen molar-refractivity contribution in [3.63, 3.8) is 0 Å². The lowest BCUT2D eigenvalue weighted by Gasteiger charge is -1.99. The molecule has 0 amide bonds. The molecule has 84 valence electrons. The van der Waals surface area contributed by atoms with E-state index in [2.05, 4.69) is 20.9 Å². The summed E-state index contributed by atoms with van der Waals surface area (Å²) in [6.45, 7) is 2.18. The van der Waals surface area contributed by atoms with E-state index >= 15 is 0 Å². The van der Waals surface area contributed by atoms with Crippen LogP contribution in [0.3, 0.4) is 0 Å². The van der Waals surface area contributed by atoms with E-state index in [0.29, 0.717) is 12.3 Å². The molecule has 0 saturated heterocycles. The maximum atomic E-state index is 11.3. The predicted molar refractivity (Wildman–Crippen MR) is 63.2 cm³/mol. The molecule has 0 bridgehead atoms. The van der Waals surface area contributed by atoms with Crippen LogP contribution in [0.2, 0.25) is 0 Å². The fourth-order valence-corrected chi connectivity index (χ4v) is 2.00. The van der Waals surface area contributed by atoms with Gasteiger partial charge in [0.25, 0.3) is 0 Å². The van der Waals surface area contributed by atoms with Crippen LogP contribution < -0.4 is 0 Å². The lowest BCUT2D eigenvalue weighted by atomic mass is 10.3. The van der Waals surface area contributed by atoms with Gasteiger partial charge in [0.15, 0.2) is 0 Å². The second-order valence-electron chi connectivity index (χ2n) is 3.26. The number of hydrogen-bond acceptors (Lipinski definition) is 3. The van der Waals surface area contributed by atoms with Crippen molar-refractivity contribution in [1.29, 1.82) is 0 Å². The fraction of sp³-hybridized carbons (Fsp3) is 0.273. The van der Waals surface area contributed by atoms with Crippen LogP contribution in [-0.2, 0) is 16.0 Å². The van der Waals surface area contributed by atoms with Gasteiger partial charge in [-0.25, -0.2) is 4.98 Å². The monoisotopic (exact) mass is 282 g/mol. The summed E-state index contributed by atoms with van der Waals surface area (Å²) in [6, 6.07) is 5.70. The van der Waals surface area contributed by atoms with E-state index < -0.39 is 0 Å². The predicted octanol–water partition coefficient (Wildman–Crippen LogP) is 2.20. The summed E-state index contributed by atoms with van der Waals surface area (Å²) in [5.41, 5.74) is 1.51. The van der Waals surface area contributed by atoms with Gasteiger partial charge in [-0.05, 0) is 35.0 Å². The number of ether oxygens (including phenoxy) is 1. The number of hydrogen-bond donors (Lipinski definition) is 0. The maximum absolute atomic E-state index is 11.3. The van der Waals surface area contributed by atoms with Crippen LogP contribution in [-0.4, -0.2) is 22.0 Å². The third-order valence-corrected chi connectivity index (χ3v) is 2.99.